The number of anilines is 1. The monoisotopic (exact) mass is 440 g/mol. The molecule has 0 atom stereocenters. The van der Waals surface area contributed by atoms with Crippen molar-refractivity contribution in [2.75, 3.05) is 11.9 Å². The molecule has 6 heteroatoms. The van der Waals surface area contributed by atoms with Crippen molar-refractivity contribution in [3.8, 4) is 11.3 Å². The molecule has 0 aliphatic carbocycles. The van der Waals surface area contributed by atoms with Gasteiger partial charge in [-0.05, 0) is 42.5 Å². The van der Waals surface area contributed by atoms with E-state index in [1.807, 2.05) is 47.4 Å². The van der Waals surface area contributed by atoms with Crippen LogP contribution in [0.2, 0.25) is 0 Å². The third kappa shape index (κ3) is 4.28. The van der Waals surface area contributed by atoms with Crippen molar-refractivity contribution in [3.05, 3.63) is 113 Å². The van der Waals surface area contributed by atoms with Crippen LogP contribution in [0.3, 0.4) is 0 Å². The van der Waals surface area contributed by atoms with Gasteiger partial charge in [-0.2, -0.15) is 0 Å². The van der Waals surface area contributed by atoms with Crippen LogP contribution < -0.4 is 5.32 Å². The van der Waals surface area contributed by atoms with E-state index in [9.17, 15) is 14.0 Å². The predicted octanol–water partition coefficient (Wildman–Crippen LogP) is 5.54. The van der Waals surface area contributed by atoms with E-state index in [1.165, 1.54) is 12.1 Å². The first kappa shape index (κ1) is 20.7. The Hall–Kier alpha value is -4.19. The Morgan fingerprint density at radius 1 is 0.909 bits per heavy atom. The van der Waals surface area contributed by atoms with Gasteiger partial charge in [0, 0.05) is 41.9 Å². The summed E-state index contributed by atoms with van der Waals surface area (Å²) in [6.07, 6.45) is 0.637. The standard InChI is InChI=1S/C27H21FN2O3/c28-23-12-5-4-11-22(23)26(31)29-21-10-6-9-19(15-21)25-16-20-17-30(14-13-24(20)33-25)27(32)18-7-2-1-3-8-18/h1-12,15-16H,13-14,17H2,(H,29,31). The van der Waals surface area contributed by atoms with Crippen LogP contribution in [0.25, 0.3) is 11.3 Å². The minimum atomic E-state index is -0.570. The number of furan rings is 1. The average molecular weight is 440 g/mol. The van der Waals surface area contributed by atoms with Crippen molar-refractivity contribution in [1.82, 2.24) is 4.90 Å². The molecule has 4 aromatic rings. The van der Waals surface area contributed by atoms with Crippen LogP contribution in [0, 0.1) is 5.82 Å². The predicted molar refractivity (Wildman–Crippen MR) is 123 cm³/mol. The molecule has 164 valence electrons. The average Bonchev–Trinajstić information content (AvgIpc) is 3.28. The maximum atomic E-state index is 13.9. The third-order valence-electron chi connectivity index (χ3n) is 5.70. The lowest BCUT2D eigenvalue weighted by Crippen LogP contribution is -2.35. The van der Waals surface area contributed by atoms with Gasteiger partial charge in [-0.25, -0.2) is 4.39 Å². The highest BCUT2D eigenvalue weighted by molar-refractivity contribution is 6.04. The van der Waals surface area contributed by atoms with Gasteiger partial charge in [-0.15, -0.1) is 0 Å². The second-order valence-electron chi connectivity index (χ2n) is 7.92. The van der Waals surface area contributed by atoms with Crippen LogP contribution in [-0.4, -0.2) is 23.3 Å². The van der Waals surface area contributed by atoms with Gasteiger partial charge in [0.1, 0.15) is 17.3 Å². The highest BCUT2D eigenvalue weighted by Gasteiger charge is 2.25. The van der Waals surface area contributed by atoms with Crippen molar-refractivity contribution < 1.29 is 18.4 Å². The Morgan fingerprint density at radius 3 is 2.52 bits per heavy atom. The van der Waals surface area contributed by atoms with Crippen LogP contribution in [0.4, 0.5) is 10.1 Å². The fourth-order valence-corrected chi connectivity index (χ4v) is 4.01. The van der Waals surface area contributed by atoms with Gasteiger partial charge in [0.2, 0.25) is 0 Å². The molecule has 0 saturated heterocycles. The van der Waals surface area contributed by atoms with E-state index in [1.54, 1.807) is 30.3 Å². The smallest absolute Gasteiger partial charge is 0.258 e. The molecule has 5 nitrogen and oxygen atoms in total. The first-order chi connectivity index (χ1) is 16.1. The zero-order valence-corrected chi connectivity index (χ0v) is 17.8. The summed E-state index contributed by atoms with van der Waals surface area (Å²) in [7, 11) is 0. The van der Waals surface area contributed by atoms with E-state index in [0.717, 1.165) is 16.9 Å². The topological polar surface area (TPSA) is 62.6 Å². The van der Waals surface area contributed by atoms with Crippen LogP contribution in [-0.2, 0) is 13.0 Å². The maximum absolute atomic E-state index is 13.9. The first-order valence-electron chi connectivity index (χ1n) is 10.7. The minimum Gasteiger partial charge on any atom is -0.461 e. The van der Waals surface area contributed by atoms with Gasteiger partial charge in [0.25, 0.3) is 11.8 Å². The number of rotatable bonds is 4. The van der Waals surface area contributed by atoms with E-state index in [2.05, 4.69) is 5.32 Å². The third-order valence-corrected chi connectivity index (χ3v) is 5.70. The van der Waals surface area contributed by atoms with Gasteiger partial charge in [0.15, 0.2) is 0 Å². The second kappa shape index (κ2) is 8.74. The minimum absolute atomic E-state index is 0.00172. The van der Waals surface area contributed by atoms with Crippen molar-refractivity contribution in [3.63, 3.8) is 0 Å². The van der Waals surface area contributed by atoms with E-state index in [0.29, 0.717) is 36.5 Å². The Kier molecular flexibility index (Phi) is 5.48. The summed E-state index contributed by atoms with van der Waals surface area (Å²) in [5.41, 5.74) is 2.96. The quantitative estimate of drug-likeness (QED) is 0.453. The van der Waals surface area contributed by atoms with Gasteiger partial charge in [-0.1, -0.05) is 42.5 Å². The molecule has 33 heavy (non-hydrogen) atoms. The molecule has 1 aliphatic rings. The maximum Gasteiger partial charge on any atom is 0.258 e. The van der Waals surface area contributed by atoms with E-state index in [-0.39, 0.29) is 11.5 Å². The van der Waals surface area contributed by atoms with Gasteiger partial charge < -0.3 is 14.6 Å². The Bertz CT molecular complexity index is 1330. The summed E-state index contributed by atoms with van der Waals surface area (Å²) >= 11 is 0. The Balaban J connectivity index is 1.34. The van der Waals surface area contributed by atoms with E-state index in [4.69, 9.17) is 4.42 Å². The Labute approximate surface area is 190 Å². The fraction of sp³-hybridized carbons (Fsp3) is 0.111. The largest absolute Gasteiger partial charge is 0.461 e. The number of halogens is 1. The Morgan fingerprint density at radius 2 is 1.70 bits per heavy atom. The summed E-state index contributed by atoms with van der Waals surface area (Å²) in [6.45, 7) is 1.07. The van der Waals surface area contributed by atoms with Crippen molar-refractivity contribution in [2.24, 2.45) is 0 Å². The molecular formula is C27H21FN2O3. The number of nitrogens with one attached hydrogen (secondary N) is 1. The number of fused-ring (bicyclic) bond motifs is 1. The van der Waals surface area contributed by atoms with Crippen LogP contribution >= 0.6 is 0 Å². The lowest BCUT2D eigenvalue weighted by Gasteiger charge is -2.26. The lowest BCUT2D eigenvalue weighted by molar-refractivity contribution is 0.0730. The van der Waals surface area contributed by atoms with E-state index >= 15 is 0 Å². The molecule has 1 N–H and O–H groups in total. The zero-order chi connectivity index (χ0) is 22.8. The number of carbonyl (C=O) groups excluding carboxylic acids is 2. The molecule has 0 spiro atoms. The molecule has 2 amide bonds. The summed E-state index contributed by atoms with van der Waals surface area (Å²) in [5.74, 6) is 0.444. The first-order valence-corrected chi connectivity index (χ1v) is 10.7. The molecule has 0 fully saturated rings. The number of benzene rings is 3. The summed E-state index contributed by atoms with van der Waals surface area (Å²) in [4.78, 5) is 27.1. The molecule has 0 bridgehead atoms. The molecule has 2 heterocycles. The number of hydrogen-bond acceptors (Lipinski definition) is 3. The summed E-state index contributed by atoms with van der Waals surface area (Å²) < 4.78 is 20.0. The SMILES string of the molecule is O=C(Nc1cccc(-c2cc3c(o2)CCN(C(=O)c2ccccc2)C3)c1)c1ccccc1F. The fourth-order valence-electron chi connectivity index (χ4n) is 4.01. The molecule has 1 aromatic heterocycles. The zero-order valence-electron chi connectivity index (χ0n) is 17.8. The molecule has 1 aliphatic heterocycles. The van der Waals surface area contributed by atoms with Crippen LogP contribution in [0.15, 0.2) is 89.3 Å². The number of amides is 2. The summed E-state index contributed by atoms with van der Waals surface area (Å²) in [6, 6.07) is 24.3. The van der Waals surface area contributed by atoms with Crippen molar-refractivity contribution in [1.29, 1.82) is 0 Å². The molecule has 0 unspecified atom stereocenters. The number of nitrogens with zero attached hydrogens (tertiary/aromatic N) is 1. The highest BCUT2D eigenvalue weighted by Crippen LogP contribution is 2.31. The molecule has 0 saturated carbocycles. The van der Waals surface area contributed by atoms with Gasteiger partial charge in [-0.3, -0.25) is 9.59 Å². The molecule has 5 rings (SSSR count). The van der Waals surface area contributed by atoms with E-state index < -0.39 is 11.7 Å². The lowest BCUT2D eigenvalue weighted by atomic mass is 10.1. The van der Waals surface area contributed by atoms with Crippen molar-refractivity contribution >= 4 is 17.5 Å². The second-order valence-corrected chi connectivity index (χ2v) is 7.92. The van der Waals surface area contributed by atoms with Crippen LogP contribution in [0.1, 0.15) is 32.0 Å². The number of hydrogen-bond donors (Lipinski definition) is 1. The van der Waals surface area contributed by atoms with Gasteiger partial charge >= 0.3 is 0 Å². The normalized spacial score (nSPS) is 12.8. The van der Waals surface area contributed by atoms with Crippen molar-refractivity contribution in [2.45, 2.75) is 13.0 Å². The summed E-state index contributed by atoms with van der Waals surface area (Å²) in [5, 5.41) is 2.74. The van der Waals surface area contributed by atoms with Crippen LogP contribution in [0.5, 0.6) is 0 Å². The van der Waals surface area contributed by atoms with Gasteiger partial charge in [0.05, 0.1) is 5.56 Å². The molecule has 3 aromatic carbocycles. The molecule has 0 radical (unpaired) electrons. The highest BCUT2D eigenvalue weighted by atomic mass is 19.1. The molecular weight excluding hydrogens is 419 g/mol. The number of carbonyl (C=O) groups is 2.